The maximum absolute atomic E-state index is 12.5. The number of carbonyl (C=O) groups excluding carboxylic acids is 1. The zero-order valence-electron chi connectivity index (χ0n) is 11.5. The lowest BCUT2D eigenvalue weighted by atomic mass is 9.77. The lowest BCUT2D eigenvalue weighted by Crippen LogP contribution is -2.44. The normalized spacial score (nSPS) is 18.1. The molecule has 1 saturated heterocycles. The van der Waals surface area contributed by atoms with Crippen molar-refractivity contribution in [2.75, 3.05) is 19.7 Å². The third-order valence-corrected chi connectivity index (χ3v) is 5.00. The number of nitrogens with zero attached hydrogens (tertiary/aromatic N) is 1. The van der Waals surface area contributed by atoms with Crippen molar-refractivity contribution in [1.82, 2.24) is 4.90 Å². The summed E-state index contributed by atoms with van der Waals surface area (Å²) in [4.78, 5) is 14.3. The molecule has 1 amide bonds. The summed E-state index contributed by atoms with van der Waals surface area (Å²) < 4.78 is 0. The lowest BCUT2D eigenvalue weighted by molar-refractivity contribution is 0.0338. The second-order valence-electron chi connectivity index (χ2n) is 5.40. The van der Waals surface area contributed by atoms with Crippen LogP contribution >= 0.6 is 23.2 Å². The van der Waals surface area contributed by atoms with Crippen LogP contribution in [0.15, 0.2) is 18.2 Å². The summed E-state index contributed by atoms with van der Waals surface area (Å²) in [5, 5.41) is 10.3. The molecule has 1 aromatic rings. The first-order chi connectivity index (χ1) is 9.53. The second-order valence-corrected chi connectivity index (χ2v) is 6.21. The molecule has 2 rings (SSSR count). The minimum atomic E-state index is -0.122. The van der Waals surface area contributed by atoms with Gasteiger partial charge in [0, 0.05) is 19.7 Å². The molecule has 1 heterocycles. The monoisotopic (exact) mass is 315 g/mol. The largest absolute Gasteiger partial charge is 0.396 e. The van der Waals surface area contributed by atoms with Crippen LogP contribution in [-0.2, 0) is 0 Å². The van der Waals surface area contributed by atoms with E-state index in [2.05, 4.69) is 6.92 Å². The van der Waals surface area contributed by atoms with Crippen LogP contribution in [0.4, 0.5) is 0 Å². The minimum Gasteiger partial charge on any atom is -0.396 e. The van der Waals surface area contributed by atoms with Crippen molar-refractivity contribution in [3.63, 3.8) is 0 Å². The summed E-state index contributed by atoms with van der Waals surface area (Å²) in [5.41, 5.74) is 0.338. The standard InChI is InChI=1S/C15H19Cl2NO2/c1-2-15(10-19)6-8-18(9-7-15)14(20)13-11(16)4-3-5-12(13)17/h3-5,19H,2,6-10H2,1H3. The van der Waals surface area contributed by atoms with Crippen LogP contribution in [0, 0.1) is 5.41 Å². The van der Waals surface area contributed by atoms with Crippen molar-refractivity contribution >= 4 is 29.1 Å². The number of rotatable bonds is 3. The molecule has 20 heavy (non-hydrogen) atoms. The summed E-state index contributed by atoms with van der Waals surface area (Å²) in [7, 11) is 0. The topological polar surface area (TPSA) is 40.5 Å². The average Bonchev–Trinajstić information content (AvgIpc) is 2.47. The summed E-state index contributed by atoms with van der Waals surface area (Å²) >= 11 is 12.2. The number of amides is 1. The molecule has 0 bridgehead atoms. The summed E-state index contributed by atoms with van der Waals surface area (Å²) in [5.74, 6) is -0.122. The highest BCUT2D eigenvalue weighted by atomic mass is 35.5. The third kappa shape index (κ3) is 2.95. The van der Waals surface area contributed by atoms with E-state index in [1.165, 1.54) is 0 Å². The molecule has 1 aliphatic heterocycles. The number of carbonyl (C=O) groups is 1. The van der Waals surface area contributed by atoms with Gasteiger partial charge in [0.25, 0.3) is 5.91 Å². The van der Waals surface area contributed by atoms with Gasteiger partial charge in [-0.15, -0.1) is 0 Å². The van der Waals surface area contributed by atoms with E-state index >= 15 is 0 Å². The highest BCUT2D eigenvalue weighted by molar-refractivity contribution is 6.39. The first-order valence-electron chi connectivity index (χ1n) is 6.87. The molecule has 0 saturated carbocycles. The first kappa shape index (κ1) is 15.6. The fourth-order valence-corrected chi connectivity index (χ4v) is 3.23. The number of likely N-dealkylation sites (tertiary alicyclic amines) is 1. The van der Waals surface area contributed by atoms with Crippen LogP contribution in [0.5, 0.6) is 0 Å². The van der Waals surface area contributed by atoms with Gasteiger partial charge in [0.15, 0.2) is 0 Å². The molecule has 0 unspecified atom stereocenters. The average molecular weight is 316 g/mol. The van der Waals surface area contributed by atoms with Gasteiger partial charge in [0.2, 0.25) is 0 Å². The van der Waals surface area contributed by atoms with Crippen LogP contribution in [0.2, 0.25) is 10.0 Å². The number of hydrogen-bond acceptors (Lipinski definition) is 2. The van der Waals surface area contributed by atoms with Gasteiger partial charge in [-0.05, 0) is 36.8 Å². The molecule has 1 aromatic carbocycles. The Bertz CT molecular complexity index is 470. The quantitative estimate of drug-likeness (QED) is 0.925. The van der Waals surface area contributed by atoms with Gasteiger partial charge in [-0.1, -0.05) is 36.2 Å². The number of aliphatic hydroxyl groups is 1. The molecule has 1 aliphatic rings. The molecule has 1 fully saturated rings. The first-order valence-corrected chi connectivity index (χ1v) is 7.63. The van der Waals surface area contributed by atoms with Gasteiger partial charge < -0.3 is 10.0 Å². The van der Waals surface area contributed by atoms with E-state index in [-0.39, 0.29) is 17.9 Å². The molecule has 0 radical (unpaired) electrons. The minimum absolute atomic E-state index is 0.0406. The molecule has 0 aromatic heterocycles. The maximum Gasteiger partial charge on any atom is 0.256 e. The van der Waals surface area contributed by atoms with Crippen LogP contribution in [0.3, 0.4) is 0 Å². The predicted molar refractivity (Wildman–Crippen MR) is 81.4 cm³/mol. The molecule has 110 valence electrons. The smallest absolute Gasteiger partial charge is 0.256 e. The Morgan fingerprint density at radius 3 is 2.30 bits per heavy atom. The SMILES string of the molecule is CCC1(CO)CCN(C(=O)c2c(Cl)cccc2Cl)CC1. The van der Waals surface area contributed by atoms with Gasteiger partial charge in [-0.2, -0.15) is 0 Å². The van der Waals surface area contributed by atoms with Crippen LogP contribution in [0.25, 0.3) is 0 Å². The number of hydrogen-bond donors (Lipinski definition) is 1. The summed E-state index contributed by atoms with van der Waals surface area (Å²) in [6.07, 6.45) is 2.56. The Kier molecular flexibility index (Phi) is 4.95. The lowest BCUT2D eigenvalue weighted by Gasteiger charge is -2.40. The predicted octanol–water partition coefficient (Wildman–Crippen LogP) is 3.62. The zero-order chi connectivity index (χ0) is 14.8. The zero-order valence-corrected chi connectivity index (χ0v) is 13.0. The molecule has 0 spiro atoms. The van der Waals surface area contributed by atoms with Crippen molar-refractivity contribution < 1.29 is 9.90 Å². The van der Waals surface area contributed by atoms with Gasteiger partial charge in [0.05, 0.1) is 15.6 Å². The van der Waals surface area contributed by atoms with E-state index in [9.17, 15) is 9.90 Å². The Morgan fingerprint density at radius 1 is 1.30 bits per heavy atom. The van der Waals surface area contributed by atoms with E-state index in [0.717, 1.165) is 19.3 Å². The fourth-order valence-electron chi connectivity index (χ4n) is 2.67. The van der Waals surface area contributed by atoms with Crippen molar-refractivity contribution in [1.29, 1.82) is 0 Å². The number of benzene rings is 1. The van der Waals surface area contributed by atoms with Crippen LogP contribution < -0.4 is 0 Å². The van der Waals surface area contributed by atoms with Crippen molar-refractivity contribution in [3.8, 4) is 0 Å². The number of aliphatic hydroxyl groups excluding tert-OH is 1. The fraction of sp³-hybridized carbons (Fsp3) is 0.533. The third-order valence-electron chi connectivity index (χ3n) is 4.37. The molecular weight excluding hydrogens is 297 g/mol. The molecule has 1 N–H and O–H groups in total. The van der Waals surface area contributed by atoms with Crippen molar-refractivity contribution in [3.05, 3.63) is 33.8 Å². The number of halogens is 2. The van der Waals surface area contributed by atoms with Gasteiger partial charge in [0.1, 0.15) is 0 Å². The van der Waals surface area contributed by atoms with E-state index in [4.69, 9.17) is 23.2 Å². The van der Waals surface area contributed by atoms with Crippen LogP contribution in [0.1, 0.15) is 36.5 Å². The second kappa shape index (κ2) is 6.33. The summed E-state index contributed by atoms with van der Waals surface area (Å²) in [6, 6.07) is 5.08. The van der Waals surface area contributed by atoms with E-state index in [0.29, 0.717) is 28.7 Å². The van der Waals surface area contributed by atoms with E-state index in [1.807, 2.05) is 0 Å². The molecule has 3 nitrogen and oxygen atoms in total. The molecule has 5 heteroatoms. The maximum atomic E-state index is 12.5. The van der Waals surface area contributed by atoms with Crippen LogP contribution in [-0.4, -0.2) is 35.6 Å². The molecule has 0 atom stereocenters. The summed E-state index contributed by atoms with van der Waals surface area (Å²) in [6.45, 7) is 3.53. The van der Waals surface area contributed by atoms with Crippen molar-refractivity contribution in [2.24, 2.45) is 5.41 Å². The Morgan fingerprint density at radius 2 is 1.85 bits per heavy atom. The van der Waals surface area contributed by atoms with Gasteiger partial charge >= 0.3 is 0 Å². The Labute approximate surface area is 129 Å². The number of piperidine rings is 1. The molecule has 0 aliphatic carbocycles. The van der Waals surface area contributed by atoms with Gasteiger partial charge in [-0.3, -0.25) is 4.79 Å². The van der Waals surface area contributed by atoms with Gasteiger partial charge in [-0.25, -0.2) is 0 Å². The molecular formula is C15H19Cl2NO2. The highest BCUT2D eigenvalue weighted by Gasteiger charge is 2.34. The highest BCUT2D eigenvalue weighted by Crippen LogP contribution is 2.35. The van der Waals surface area contributed by atoms with E-state index in [1.54, 1.807) is 23.1 Å². The van der Waals surface area contributed by atoms with E-state index < -0.39 is 0 Å². The van der Waals surface area contributed by atoms with Crippen molar-refractivity contribution in [2.45, 2.75) is 26.2 Å². The Hall–Kier alpha value is -0.770. The Balaban J connectivity index is 2.13.